The number of nitrogens with two attached hydrogens (primary N) is 1. The lowest BCUT2D eigenvalue weighted by atomic mass is 10.0. The van der Waals surface area contributed by atoms with Crippen LogP contribution in [-0.2, 0) is 0 Å². The molecule has 0 spiro atoms. The molecular weight excluding hydrogens is 208 g/mol. The third-order valence-corrected chi connectivity index (χ3v) is 4.30. The molecule has 1 aromatic rings. The molecule has 2 N–H and O–H groups in total. The van der Waals surface area contributed by atoms with Crippen LogP contribution >= 0.6 is 0 Å². The van der Waals surface area contributed by atoms with Gasteiger partial charge in [-0.25, -0.2) is 0 Å². The molecule has 1 aliphatic rings. The Morgan fingerprint density at radius 1 is 1.12 bits per heavy atom. The van der Waals surface area contributed by atoms with Gasteiger partial charge in [-0.1, -0.05) is 44.2 Å². The molecule has 94 valence electrons. The summed E-state index contributed by atoms with van der Waals surface area (Å²) in [6.45, 7) is 9.30. The molecule has 0 aromatic heterocycles. The third kappa shape index (κ3) is 2.70. The Kier molecular flexibility index (Phi) is 3.85. The van der Waals surface area contributed by atoms with E-state index in [1.54, 1.807) is 0 Å². The van der Waals surface area contributed by atoms with Gasteiger partial charge in [-0.05, 0) is 24.3 Å². The Morgan fingerprint density at radius 3 is 2.18 bits per heavy atom. The first-order valence-corrected chi connectivity index (χ1v) is 6.64. The van der Waals surface area contributed by atoms with Gasteiger partial charge in [0.15, 0.2) is 0 Å². The van der Waals surface area contributed by atoms with Crippen molar-refractivity contribution >= 4 is 0 Å². The smallest absolute Gasteiger partial charge is 0.0450 e. The molecule has 1 saturated heterocycles. The maximum atomic E-state index is 6.37. The van der Waals surface area contributed by atoms with Gasteiger partial charge in [0.2, 0.25) is 0 Å². The summed E-state index contributed by atoms with van der Waals surface area (Å²) in [6.07, 6.45) is 0. The summed E-state index contributed by atoms with van der Waals surface area (Å²) in [7, 11) is 0. The van der Waals surface area contributed by atoms with Gasteiger partial charge in [-0.15, -0.1) is 0 Å². The van der Waals surface area contributed by atoms with Crippen LogP contribution in [-0.4, -0.2) is 24.0 Å². The molecule has 0 saturated carbocycles. The van der Waals surface area contributed by atoms with Crippen LogP contribution < -0.4 is 5.73 Å². The normalized spacial score (nSPS) is 29.2. The lowest BCUT2D eigenvalue weighted by Gasteiger charge is -2.29. The second-order valence-corrected chi connectivity index (χ2v) is 5.59. The fourth-order valence-electron chi connectivity index (χ4n) is 2.69. The Hall–Kier alpha value is -0.860. The molecule has 0 amide bonds. The van der Waals surface area contributed by atoms with Gasteiger partial charge in [0.25, 0.3) is 0 Å². The first kappa shape index (κ1) is 12.6. The quantitative estimate of drug-likeness (QED) is 0.868. The Bertz CT molecular complexity index is 339. The van der Waals surface area contributed by atoms with Crippen LogP contribution in [0.15, 0.2) is 30.3 Å². The van der Waals surface area contributed by atoms with Gasteiger partial charge < -0.3 is 5.73 Å². The molecule has 2 heteroatoms. The van der Waals surface area contributed by atoms with Crippen LogP contribution in [0.4, 0.5) is 0 Å². The van der Waals surface area contributed by atoms with Crippen LogP contribution in [0.2, 0.25) is 0 Å². The van der Waals surface area contributed by atoms with Crippen LogP contribution in [0.3, 0.4) is 0 Å². The standard InChI is InChI=1S/C15H24N2/c1-11-9-17(10-12(11)2)13(3)15(16)14-7-5-4-6-8-14/h4-8,11-13,15H,9-10,16H2,1-3H3. The average molecular weight is 232 g/mol. The Labute approximate surface area is 105 Å². The molecule has 1 fully saturated rings. The van der Waals surface area contributed by atoms with Crippen LogP contribution in [0, 0.1) is 11.8 Å². The monoisotopic (exact) mass is 232 g/mol. The van der Waals surface area contributed by atoms with Gasteiger partial charge in [0.1, 0.15) is 0 Å². The molecule has 17 heavy (non-hydrogen) atoms. The largest absolute Gasteiger partial charge is 0.323 e. The molecule has 1 heterocycles. The highest BCUT2D eigenvalue weighted by atomic mass is 15.2. The first-order valence-electron chi connectivity index (χ1n) is 6.64. The van der Waals surface area contributed by atoms with E-state index in [0.29, 0.717) is 6.04 Å². The molecule has 2 rings (SSSR count). The number of nitrogens with zero attached hydrogens (tertiary/aromatic N) is 1. The molecule has 1 aliphatic heterocycles. The zero-order chi connectivity index (χ0) is 12.4. The fraction of sp³-hybridized carbons (Fsp3) is 0.600. The van der Waals surface area contributed by atoms with Gasteiger partial charge in [0.05, 0.1) is 0 Å². The minimum Gasteiger partial charge on any atom is -0.323 e. The van der Waals surface area contributed by atoms with E-state index in [9.17, 15) is 0 Å². The zero-order valence-electron chi connectivity index (χ0n) is 11.1. The first-order chi connectivity index (χ1) is 8.09. The lowest BCUT2D eigenvalue weighted by molar-refractivity contribution is 0.218. The molecule has 0 bridgehead atoms. The molecule has 0 aliphatic carbocycles. The molecular formula is C15H24N2. The van der Waals surface area contributed by atoms with E-state index < -0.39 is 0 Å². The summed E-state index contributed by atoms with van der Waals surface area (Å²) < 4.78 is 0. The van der Waals surface area contributed by atoms with Crippen molar-refractivity contribution in [1.82, 2.24) is 4.90 Å². The second kappa shape index (κ2) is 5.19. The van der Waals surface area contributed by atoms with Crippen molar-refractivity contribution in [3.8, 4) is 0 Å². The van der Waals surface area contributed by atoms with Crippen molar-refractivity contribution in [2.45, 2.75) is 32.9 Å². The third-order valence-electron chi connectivity index (χ3n) is 4.30. The van der Waals surface area contributed by atoms with Crippen molar-refractivity contribution in [2.24, 2.45) is 17.6 Å². The maximum Gasteiger partial charge on any atom is 0.0450 e. The van der Waals surface area contributed by atoms with E-state index in [0.717, 1.165) is 11.8 Å². The van der Waals surface area contributed by atoms with Crippen molar-refractivity contribution < 1.29 is 0 Å². The molecule has 0 radical (unpaired) electrons. The summed E-state index contributed by atoms with van der Waals surface area (Å²) in [5.41, 5.74) is 7.61. The second-order valence-electron chi connectivity index (χ2n) is 5.59. The average Bonchev–Trinajstić information content (AvgIpc) is 2.69. The van der Waals surface area contributed by atoms with E-state index in [-0.39, 0.29) is 6.04 Å². The van der Waals surface area contributed by atoms with Gasteiger partial charge in [0, 0.05) is 25.2 Å². The van der Waals surface area contributed by atoms with Crippen LogP contribution in [0.5, 0.6) is 0 Å². The Balaban J connectivity index is 2.03. The highest BCUT2D eigenvalue weighted by Crippen LogP contribution is 2.27. The van der Waals surface area contributed by atoms with Crippen molar-refractivity contribution in [1.29, 1.82) is 0 Å². The van der Waals surface area contributed by atoms with Crippen LogP contribution in [0.25, 0.3) is 0 Å². The summed E-state index contributed by atoms with van der Waals surface area (Å²) in [6, 6.07) is 11.0. The number of benzene rings is 1. The summed E-state index contributed by atoms with van der Waals surface area (Å²) in [5, 5.41) is 0. The van der Waals surface area contributed by atoms with Crippen molar-refractivity contribution in [3.05, 3.63) is 35.9 Å². The molecule has 2 nitrogen and oxygen atoms in total. The highest BCUT2D eigenvalue weighted by molar-refractivity contribution is 5.20. The van der Waals surface area contributed by atoms with E-state index >= 15 is 0 Å². The van der Waals surface area contributed by atoms with E-state index in [2.05, 4.69) is 49.9 Å². The van der Waals surface area contributed by atoms with E-state index in [1.165, 1.54) is 18.7 Å². The number of likely N-dealkylation sites (tertiary alicyclic amines) is 1. The van der Waals surface area contributed by atoms with E-state index in [4.69, 9.17) is 5.73 Å². The minimum absolute atomic E-state index is 0.119. The summed E-state index contributed by atoms with van der Waals surface area (Å²) in [4.78, 5) is 2.53. The van der Waals surface area contributed by atoms with Gasteiger partial charge in [-0.3, -0.25) is 4.90 Å². The van der Waals surface area contributed by atoms with E-state index in [1.807, 2.05) is 6.07 Å². The lowest BCUT2D eigenvalue weighted by Crippen LogP contribution is -2.39. The Morgan fingerprint density at radius 2 is 1.65 bits per heavy atom. The fourth-order valence-corrected chi connectivity index (χ4v) is 2.69. The molecule has 4 atom stereocenters. The summed E-state index contributed by atoms with van der Waals surface area (Å²) >= 11 is 0. The SMILES string of the molecule is CC1CN(C(C)C(N)c2ccccc2)CC1C. The summed E-state index contributed by atoms with van der Waals surface area (Å²) in [5.74, 6) is 1.58. The number of hydrogen-bond acceptors (Lipinski definition) is 2. The number of hydrogen-bond donors (Lipinski definition) is 1. The zero-order valence-corrected chi connectivity index (χ0v) is 11.1. The maximum absolute atomic E-state index is 6.37. The number of rotatable bonds is 3. The predicted octanol–water partition coefficient (Wildman–Crippen LogP) is 2.66. The molecule has 4 unspecified atom stereocenters. The van der Waals surface area contributed by atoms with Crippen LogP contribution in [0.1, 0.15) is 32.4 Å². The molecule has 1 aromatic carbocycles. The van der Waals surface area contributed by atoms with Gasteiger partial charge >= 0.3 is 0 Å². The van der Waals surface area contributed by atoms with Crippen molar-refractivity contribution in [3.63, 3.8) is 0 Å². The minimum atomic E-state index is 0.119. The van der Waals surface area contributed by atoms with Crippen molar-refractivity contribution in [2.75, 3.05) is 13.1 Å². The van der Waals surface area contributed by atoms with Gasteiger partial charge in [-0.2, -0.15) is 0 Å². The predicted molar refractivity (Wildman–Crippen MR) is 72.7 cm³/mol. The topological polar surface area (TPSA) is 29.3 Å². The highest BCUT2D eigenvalue weighted by Gasteiger charge is 2.31.